The van der Waals surface area contributed by atoms with Crippen LogP contribution >= 0.6 is 0 Å². The summed E-state index contributed by atoms with van der Waals surface area (Å²) in [4.78, 5) is -1.03. The average Bonchev–Trinajstić information content (AvgIpc) is 2.30. The van der Waals surface area contributed by atoms with Crippen molar-refractivity contribution < 1.29 is 21.6 Å². The smallest absolute Gasteiger partial charge is 0.188 e. The van der Waals surface area contributed by atoms with Crippen LogP contribution in [-0.2, 0) is 15.6 Å². The van der Waals surface area contributed by atoms with Crippen LogP contribution in [0.4, 0.5) is 18.9 Å². The van der Waals surface area contributed by atoms with Crippen molar-refractivity contribution in [3.63, 3.8) is 0 Å². The number of benzene rings is 2. The zero-order chi connectivity index (χ0) is 14.9. The number of nitrogens with two attached hydrogens (primary N) is 1. The number of halogens is 3. The normalized spacial score (nSPS) is 11.6. The molecule has 0 fully saturated rings. The number of nitrogen functional groups attached to an aromatic ring is 1. The fourth-order valence-corrected chi connectivity index (χ4v) is 3.24. The molecule has 2 aromatic rings. The molecule has 0 saturated heterocycles. The van der Waals surface area contributed by atoms with Crippen molar-refractivity contribution in [1.29, 1.82) is 0 Å². The van der Waals surface area contributed by atoms with E-state index in [0.717, 1.165) is 24.3 Å². The van der Waals surface area contributed by atoms with Crippen molar-refractivity contribution >= 4 is 15.5 Å². The topological polar surface area (TPSA) is 60.2 Å². The summed E-state index contributed by atoms with van der Waals surface area (Å²) in [6, 6.07) is 6.09. The molecule has 0 unspecified atom stereocenters. The summed E-state index contributed by atoms with van der Waals surface area (Å²) in [6.07, 6.45) is 0. The van der Waals surface area contributed by atoms with Gasteiger partial charge in [-0.25, -0.2) is 21.6 Å². The highest BCUT2D eigenvalue weighted by Crippen LogP contribution is 2.25. The zero-order valence-electron chi connectivity index (χ0n) is 10.1. The average molecular weight is 301 g/mol. The van der Waals surface area contributed by atoms with E-state index in [9.17, 15) is 21.6 Å². The molecule has 3 nitrogen and oxygen atoms in total. The molecule has 0 aliphatic heterocycles. The van der Waals surface area contributed by atoms with E-state index in [-0.39, 0.29) is 11.3 Å². The van der Waals surface area contributed by atoms with Gasteiger partial charge in [-0.15, -0.1) is 0 Å². The minimum Gasteiger partial charge on any atom is -0.399 e. The molecule has 0 radical (unpaired) electrons. The summed E-state index contributed by atoms with van der Waals surface area (Å²) >= 11 is 0. The Bertz CT molecular complexity index is 720. The Morgan fingerprint density at radius 2 is 1.45 bits per heavy atom. The summed E-state index contributed by atoms with van der Waals surface area (Å²) in [5.41, 5.74) is 5.24. The second-order valence-electron chi connectivity index (χ2n) is 4.20. The van der Waals surface area contributed by atoms with E-state index < -0.39 is 37.9 Å². The highest BCUT2D eigenvalue weighted by Gasteiger charge is 2.25. The number of hydrogen-bond donors (Lipinski definition) is 1. The van der Waals surface area contributed by atoms with Crippen LogP contribution in [0.25, 0.3) is 0 Å². The van der Waals surface area contributed by atoms with Gasteiger partial charge in [0.15, 0.2) is 9.84 Å². The lowest BCUT2D eigenvalue weighted by Crippen LogP contribution is -2.10. The largest absolute Gasteiger partial charge is 0.399 e. The second kappa shape index (κ2) is 5.16. The summed E-state index contributed by atoms with van der Waals surface area (Å²) < 4.78 is 64.0. The first-order chi connectivity index (χ1) is 9.29. The standard InChI is InChI=1S/C13H10F3NO2S/c14-9-3-1-8(2-4-9)7-20(18,19)13-11(15)5-10(17)6-12(13)16/h1-6H,7,17H2. The molecule has 106 valence electrons. The summed E-state index contributed by atoms with van der Waals surface area (Å²) in [5.74, 6) is -3.66. The molecular formula is C13H10F3NO2S. The Kier molecular flexibility index (Phi) is 3.71. The molecule has 0 amide bonds. The third-order valence-electron chi connectivity index (χ3n) is 2.60. The van der Waals surface area contributed by atoms with Gasteiger partial charge < -0.3 is 5.73 Å². The number of anilines is 1. The Hall–Kier alpha value is -2.02. The van der Waals surface area contributed by atoms with Crippen molar-refractivity contribution in [3.05, 3.63) is 59.4 Å². The molecule has 0 heterocycles. The lowest BCUT2D eigenvalue weighted by molar-refractivity contribution is 0.520. The molecule has 0 aliphatic rings. The lowest BCUT2D eigenvalue weighted by atomic mass is 10.2. The second-order valence-corrected chi connectivity index (χ2v) is 6.13. The van der Waals surface area contributed by atoms with Gasteiger partial charge in [-0.3, -0.25) is 0 Å². The van der Waals surface area contributed by atoms with Gasteiger partial charge in [-0.05, 0) is 29.8 Å². The van der Waals surface area contributed by atoms with E-state index in [1.54, 1.807) is 0 Å². The number of hydrogen-bond acceptors (Lipinski definition) is 3. The van der Waals surface area contributed by atoms with Gasteiger partial charge in [0, 0.05) is 5.69 Å². The molecular weight excluding hydrogens is 291 g/mol. The molecule has 0 saturated carbocycles. The minimum atomic E-state index is -4.23. The predicted octanol–water partition coefficient (Wildman–Crippen LogP) is 2.66. The molecule has 2 N–H and O–H groups in total. The highest BCUT2D eigenvalue weighted by molar-refractivity contribution is 7.90. The third kappa shape index (κ3) is 2.93. The van der Waals surface area contributed by atoms with E-state index in [0.29, 0.717) is 0 Å². The van der Waals surface area contributed by atoms with Crippen LogP contribution in [0, 0.1) is 17.5 Å². The summed E-state index contributed by atoms with van der Waals surface area (Å²) in [7, 11) is -4.23. The summed E-state index contributed by atoms with van der Waals surface area (Å²) in [6.45, 7) is 0. The number of rotatable bonds is 3. The van der Waals surface area contributed by atoms with Gasteiger partial charge >= 0.3 is 0 Å². The zero-order valence-corrected chi connectivity index (χ0v) is 10.9. The van der Waals surface area contributed by atoms with Crippen molar-refractivity contribution in [2.24, 2.45) is 0 Å². The molecule has 0 bridgehead atoms. The van der Waals surface area contributed by atoms with Crippen LogP contribution in [-0.4, -0.2) is 8.42 Å². The lowest BCUT2D eigenvalue weighted by Gasteiger charge is -2.08. The molecule has 20 heavy (non-hydrogen) atoms. The highest BCUT2D eigenvalue weighted by atomic mass is 32.2. The van der Waals surface area contributed by atoms with Crippen molar-refractivity contribution in [1.82, 2.24) is 0 Å². The van der Waals surface area contributed by atoms with Crippen LogP contribution in [0.2, 0.25) is 0 Å². The first-order valence-electron chi connectivity index (χ1n) is 5.51. The van der Waals surface area contributed by atoms with Crippen LogP contribution in [0.5, 0.6) is 0 Å². The maximum Gasteiger partial charge on any atom is 0.188 e. The Labute approximate surface area is 113 Å². The minimum absolute atomic E-state index is 0.208. The van der Waals surface area contributed by atoms with Crippen LogP contribution in [0.1, 0.15) is 5.56 Å². The van der Waals surface area contributed by atoms with Crippen molar-refractivity contribution in [2.75, 3.05) is 5.73 Å². The molecule has 0 spiro atoms. The van der Waals surface area contributed by atoms with Crippen molar-refractivity contribution in [2.45, 2.75) is 10.6 Å². The van der Waals surface area contributed by atoms with E-state index in [1.165, 1.54) is 12.1 Å². The fourth-order valence-electron chi connectivity index (χ4n) is 1.75. The first-order valence-corrected chi connectivity index (χ1v) is 7.16. The molecule has 0 atom stereocenters. The van der Waals surface area contributed by atoms with Gasteiger partial charge in [0.1, 0.15) is 22.3 Å². The van der Waals surface area contributed by atoms with E-state index in [2.05, 4.69) is 0 Å². The van der Waals surface area contributed by atoms with Crippen LogP contribution < -0.4 is 5.73 Å². The third-order valence-corrected chi connectivity index (χ3v) is 4.33. The predicted molar refractivity (Wildman–Crippen MR) is 68.1 cm³/mol. The maximum absolute atomic E-state index is 13.6. The molecule has 2 rings (SSSR count). The number of sulfone groups is 1. The Morgan fingerprint density at radius 3 is 1.95 bits per heavy atom. The van der Waals surface area contributed by atoms with Gasteiger partial charge in [-0.1, -0.05) is 12.1 Å². The fraction of sp³-hybridized carbons (Fsp3) is 0.0769. The van der Waals surface area contributed by atoms with Crippen molar-refractivity contribution in [3.8, 4) is 0 Å². The summed E-state index contributed by atoms with van der Waals surface area (Å²) in [5, 5.41) is 0. The monoisotopic (exact) mass is 301 g/mol. The van der Waals surface area contributed by atoms with Gasteiger partial charge in [0.25, 0.3) is 0 Å². The van der Waals surface area contributed by atoms with Crippen LogP contribution in [0.15, 0.2) is 41.3 Å². The first kappa shape index (κ1) is 14.4. The van der Waals surface area contributed by atoms with Gasteiger partial charge in [0.2, 0.25) is 0 Å². The van der Waals surface area contributed by atoms with E-state index >= 15 is 0 Å². The Morgan fingerprint density at radius 1 is 0.950 bits per heavy atom. The molecule has 0 aliphatic carbocycles. The quantitative estimate of drug-likeness (QED) is 0.887. The molecule has 2 aromatic carbocycles. The molecule has 7 heteroatoms. The maximum atomic E-state index is 13.6. The van der Waals surface area contributed by atoms with Gasteiger partial charge in [0.05, 0.1) is 5.75 Å². The van der Waals surface area contributed by atoms with Gasteiger partial charge in [-0.2, -0.15) is 0 Å². The Balaban J connectivity index is 2.43. The SMILES string of the molecule is Nc1cc(F)c(S(=O)(=O)Cc2ccc(F)cc2)c(F)c1. The van der Waals surface area contributed by atoms with Crippen LogP contribution in [0.3, 0.4) is 0 Å². The van der Waals surface area contributed by atoms with E-state index in [1.807, 2.05) is 0 Å². The molecule has 0 aromatic heterocycles. The van der Waals surface area contributed by atoms with E-state index in [4.69, 9.17) is 5.73 Å².